The summed E-state index contributed by atoms with van der Waals surface area (Å²) >= 11 is 0.739. The second kappa shape index (κ2) is 4.28. The molecule has 2 aliphatic rings. The predicted molar refractivity (Wildman–Crippen MR) is 56.0 cm³/mol. The molecule has 3 nitrogen and oxygen atoms in total. The molecule has 0 aliphatic carbocycles. The SMILES string of the molecule is C[Se]N1CC(N2CCN(C)CC2)C1. The quantitative estimate of drug-likeness (QED) is 0.615. The maximum atomic E-state index is 2.67. The van der Waals surface area contributed by atoms with Gasteiger partial charge in [-0.15, -0.1) is 0 Å². The molecule has 0 amide bonds. The minimum absolute atomic E-state index is 0.739. The molecule has 0 spiro atoms. The number of rotatable bonds is 2. The second-order valence-electron chi connectivity index (χ2n) is 4.02. The summed E-state index contributed by atoms with van der Waals surface area (Å²) in [5.41, 5.74) is 0. The van der Waals surface area contributed by atoms with Crippen molar-refractivity contribution in [1.29, 1.82) is 0 Å². The van der Waals surface area contributed by atoms with E-state index < -0.39 is 0 Å². The number of piperazine rings is 1. The maximum absolute atomic E-state index is 2.67. The molecule has 2 saturated heterocycles. The standard InChI is InChI=1S/C9H19N3Se/c1-10-3-5-11(6-4-10)9-7-12(8-9)13-2/h9H,3-8H2,1-2H3. The fourth-order valence-electron chi connectivity index (χ4n) is 1.98. The van der Waals surface area contributed by atoms with E-state index in [0.29, 0.717) is 0 Å². The van der Waals surface area contributed by atoms with Crippen molar-refractivity contribution in [2.45, 2.75) is 11.9 Å². The second-order valence-corrected chi connectivity index (χ2v) is 5.87. The fraction of sp³-hybridized carbons (Fsp3) is 1.00. The van der Waals surface area contributed by atoms with Gasteiger partial charge in [-0.05, 0) is 0 Å². The first-order valence-corrected chi connectivity index (χ1v) is 7.49. The first kappa shape index (κ1) is 9.94. The van der Waals surface area contributed by atoms with Crippen LogP contribution in [0.25, 0.3) is 0 Å². The summed E-state index contributed by atoms with van der Waals surface area (Å²) in [7, 11) is 2.22. The fourth-order valence-corrected chi connectivity index (χ4v) is 3.33. The van der Waals surface area contributed by atoms with Crippen molar-refractivity contribution >= 4 is 15.2 Å². The van der Waals surface area contributed by atoms with Gasteiger partial charge < -0.3 is 0 Å². The minimum atomic E-state index is 0.739. The van der Waals surface area contributed by atoms with Gasteiger partial charge in [0.05, 0.1) is 0 Å². The molecule has 0 atom stereocenters. The van der Waals surface area contributed by atoms with Crippen LogP contribution in [0.15, 0.2) is 0 Å². The molecular formula is C9H19N3Se. The topological polar surface area (TPSA) is 9.72 Å². The first-order chi connectivity index (χ1) is 6.29. The van der Waals surface area contributed by atoms with Gasteiger partial charge in [0, 0.05) is 0 Å². The summed E-state index contributed by atoms with van der Waals surface area (Å²) in [6.45, 7) is 7.75. The summed E-state index contributed by atoms with van der Waals surface area (Å²) < 4.78 is 2.58. The monoisotopic (exact) mass is 249 g/mol. The van der Waals surface area contributed by atoms with Gasteiger partial charge >= 0.3 is 87.1 Å². The van der Waals surface area contributed by atoms with Crippen LogP contribution in [0.3, 0.4) is 0 Å². The molecule has 2 rings (SSSR count). The van der Waals surface area contributed by atoms with E-state index in [1.54, 1.807) is 0 Å². The van der Waals surface area contributed by atoms with Crippen LogP contribution in [0.1, 0.15) is 0 Å². The van der Waals surface area contributed by atoms with Gasteiger partial charge in [-0.25, -0.2) is 0 Å². The number of nitrogens with zero attached hydrogens (tertiary/aromatic N) is 3. The zero-order valence-electron chi connectivity index (χ0n) is 8.57. The van der Waals surface area contributed by atoms with E-state index >= 15 is 0 Å². The molecule has 2 fully saturated rings. The van der Waals surface area contributed by atoms with E-state index in [1.165, 1.54) is 39.3 Å². The van der Waals surface area contributed by atoms with Crippen LogP contribution in [-0.2, 0) is 0 Å². The van der Waals surface area contributed by atoms with E-state index in [1.807, 2.05) is 0 Å². The van der Waals surface area contributed by atoms with Crippen LogP contribution in [-0.4, -0.2) is 81.2 Å². The Balaban J connectivity index is 1.71. The van der Waals surface area contributed by atoms with Crippen LogP contribution in [0, 0.1) is 0 Å². The zero-order chi connectivity index (χ0) is 9.26. The summed E-state index contributed by atoms with van der Waals surface area (Å²) in [5, 5.41) is 0. The molecule has 0 aromatic carbocycles. The predicted octanol–water partition coefficient (Wildman–Crippen LogP) is -0.415. The van der Waals surface area contributed by atoms with Crippen LogP contribution < -0.4 is 0 Å². The van der Waals surface area contributed by atoms with Crippen molar-refractivity contribution in [2.75, 3.05) is 46.3 Å². The summed E-state index contributed by atoms with van der Waals surface area (Å²) in [4.78, 5) is 5.10. The van der Waals surface area contributed by atoms with Crippen LogP contribution in [0.2, 0.25) is 5.82 Å². The molecule has 0 saturated carbocycles. The third kappa shape index (κ3) is 2.25. The van der Waals surface area contributed by atoms with Gasteiger partial charge in [0.1, 0.15) is 0 Å². The van der Waals surface area contributed by atoms with Crippen LogP contribution >= 0.6 is 0 Å². The van der Waals surface area contributed by atoms with Crippen LogP contribution in [0.5, 0.6) is 0 Å². The molecule has 0 N–H and O–H groups in total. The van der Waals surface area contributed by atoms with Crippen molar-refractivity contribution < 1.29 is 0 Å². The van der Waals surface area contributed by atoms with E-state index in [2.05, 4.69) is 26.6 Å². The van der Waals surface area contributed by atoms with E-state index in [4.69, 9.17) is 0 Å². The average Bonchev–Trinajstić information content (AvgIpc) is 2.06. The van der Waals surface area contributed by atoms with E-state index in [-0.39, 0.29) is 0 Å². The number of hydrogen-bond donors (Lipinski definition) is 0. The Morgan fingerprint density at radius 2 is 1.69 bits per heavy atom. The van der Waals surface area contributed by atoms with Crippen molar-refractivity contribution in [3.05, 3.63) is 0 Å². The Labute approximate surface area is 87.4 Å². The molecule has 13 heavy (non-hydrogen) atoms. The van der Waals surface area contributed by atoms with E-state index in [0.717, 1.165) is 21.2 Å². The molecule has 0 radical (unpaired) electrons. The first-order valence-electron chi connectivity index (χ1n) is 5.01. The van der Waals surface area contributed by atoms with Crippen molar-refractivity contribution in [3.63, 3.8) is 0 Å². The molecular weight excluding hydrogens is 229 g/mol. The van der Waals surface area contributed by atoms with Gasteiger partial charge in [0.2, 0.25) is 0 Å². The van der Waals surface area contributed by atoms with Crippen molar-refractivity contribution in [1.82, 2.24) is 13.7 Å². The Kier molecular flexibility index (Phi) is 3.27. The van der Waals surface area contributed by atoms with Gasteiger partial charge in [-0.1, -0.05) is 0 Å². The van der Waals surface area contributed by atoms with Gasteiger partial charge in [-0.2, -0.15) is 0 Å². The van der Waals surface area contributed by atoms with Gasteiger partial charge in [0.25, 0.3) is 0 Å². The van der Waals surface area contributed by atoms with E-state index in [9.17, 15) is 0 Å². The molecule has 76 valence electrons. The number of likely N-dealkylation sites (N-methyl/N-ethyl adjacent to an activating group) is 1. The summed E-state index contributed by atoms with van der Waals surface area (Å²) in [6, 6.07) is 0.885. The Bertz CT molecular complexity index is 162. The molecule has 0 aromatic rings. The Morgan fingerprint density at radius 3 is 2.23 bits per heavy atom. The molecule has 2 heterocycles. The van der Waals surface area contributed by atoms with Crippen LogP contribution in [0.4, 0.5) is 0 Å². The number of hydrogen-bond acceptors (Lipinski definition) is 3. The Hall–Kier alpha value is 0.399. The zero-order valence-corrected chi connectivity index (χ0v) is 10.3. The third-order valence-corrected chi connectivity index (χ3v) is 4.85. The molecule has 2 aliphatic heterocycles. The molecule has 0 bridgehead atoms. The molecule has 0 aromatic heterocycles. The Morgan fingerprint density at radius 1 is 1.08 bits per heavy atom. The summed E-state index contributed by atoms with van der Waals surface area (Å²) in [6.07, 6.45) is 0. The molecule has 4 heteroatoms. The van der Waals surface area contributed by atoms with Gasteiger partial charge in [0.15, 0.2) is 0 Å². The molecule has 0 unspecified atom stereocenters. The third-order valence-electron chi connectivity index (χ3n) is 3.14. The van der Waals surface area contributed by atoms with Gasteiger partial charge in [-0.3, -0.25) is 0 Å². The summed E-state index contributed by atoms with van der Waals surface area (Å²) in [5.74, 6) is 2.31. The average molecular weight is 248 g/mol. The normalized spacial score (nSPS) is 29.1. The van der Waals surface area contributed by atoms with Crippen molar-refractivity contribution in [2.24, 2.45) is 0 Å². The van der Waals surface area contributed by atoms with Crippen molar-refractivity contribution in [3.8, 4) is 0 Å².